The van der Waals surface area contributed by atoms with Crippen molar-refractivity contribution in [2.24, 2.45) is 5.92 Å². The van der Waals surface area contributed by atoms with Crippen molar-refractivity contribution in [1.82, 2.24) is 9.97 Å². The maximum Gasteiger partial charge on any atom is 0.142 e. The lowest BCUT2D eigenvalue weighted by atomic mass is 10.0. The van der Waals surface area contributed by atoms with Crippen molar-refractivity contribution < 1.29 is 0 Å². The van der Waals surface area contributed by atoms with Gasteiger partial charge in [0.25, 0.3) is 0 Å². The molecule has 1 heterocycles. The second-order valence-electron chi connectivity index (χ2n) is 6.10. The summed E-state index contributed by atoms with van der Waals surface area (Å²) in [5.41, 5.74) is 9.18. The fourth-order valence-electron chi connectivity index (χ4n) is 3.23. The smallest absolute Gasteiger partial charge is 0.142 e. The van der Waals surface area contributed by atoms with Crippen LogP contribution in [0.25, 0.3) is 11.1 Å². The number of nitrogens with two attached hydrogens (primary N) is 1. The molecule has 4 heteroatoms. The summed E-state index contributed by atoms with van der Waals surface area (Å²) in [6, 6.07) is 8.27. The second kappa shape index (κ2) is 6.66. The zero-order valence-electron chi connectivity index (χ0n) is 13.0. The zero-order chi connectivity index (χ0) is 15.5. The molecule has 0 amide bonds. The van der Waals surface area contributed by atoms with Crippen LogP contribution in [0.4, 0.5) is 5.82 Å². The first kappa shape index (κ1) is 15.3. The molecule has 1 saturated carbocycles. The third-order valence-electron chi connectivity index (χ3n) is 4.54. The Morgan fingerprint density at radius 1 is 1.14 bits per heavy atom. The summed E-state index contributed by atoms with van der Waals surface area (Å²) in [5.74, 6) is 1.95. The molecule has 0 saturated heterocycles. The number of anilines is 1. The van der Waals surface area contributed by atoms with Crippen molar-refractivity contribution in [3.63, 3.8) is 0 Å². The Morgan fingerprint density at radius 2 is 1.82 bits per heavy atom. The van der Waals surface area contributed by atoms with Gasteiger partial charge in [0.1, 0.15) is 16.8 Å². The number of hydrogen-bond acceptors (Lipinski definition) is 3. The molecule has 1 aromatic carbocycles. The first-order valence-corrected chi connectivity index (χ1v) is 8.46. The van der Waals surface area contributed by atoms with E-state index in [-0.39, 0.29) is 0 Å². The molecule has 1 fully saturated rings. The molecule has 116 valence electrons. The van der Waals surface area contributed by atoms with Crippen molar-refractivity contribution in [2.75, 3.05) is 5.73 Å². The Hall–Kier alpha value is -1.61. The molecular formula is C18H22ClN3. The van der Waals surface area contributed by atoms with E-state index in [9.17, 15) is 0 Å². The van der Waals surface area contributed by atoms with Gasteiger partial charge in [0.15, 0.2) is 0 Å². The molecule has 0 unspecified atom stereocenters. The van der Waals surface area contributed by atoms with Crippen LogP contribution in [0.5, 0.6) is 0 Å². The molecule has 3 rings (SSSR count). The van der Waals surface area contributed by atoms with Crippen LogP contribution in [0.1, 0.15) is 44.0 Å². The van der Waals surface area contributed by atoms with E-state index in [1.54, 1.807) is 0 Å². The van der Waals surface area contributed by atoms with Gasteiger partial charge in [-0.3, -0.25) is 0 Å². The van der Waals surface area contributed by atoms with E-state index in [4.69, 9.17) is 17.3 Å². The molecule has 22 heavy (non-hydrogen) atoms. The minimum Gasteiger partial charge on any atom is -0.383 e. The van der Waals surface area contributed by atoms with Crippen LogP contribution in [0, 0.1) is 5.92 Å². The molecular weight excluding hydrogens is 294 g/mol. The van der Waals surface area contributed by atoms with E-state index in [1.807, 2.05) is 12.1 Å². The van der Waals surface area contributed by atoms with Crippen molar-refractivity contribution in [1.29, 1.82) is 0 Å². The lowest BCUT2D eigenvalue weighted by Crippen LogP contribution is -2.07. The van der Waals surface area contributed by atoms with Crippen LogP contribution >= 0.6 is 11.6 Å². The van der Waals surface area contributed by atoms with Gasteiger partial charge >= 0.3 is 0 Å². The molecule has 2 aromatic rings. The van der Waals surface area contributed by atoms with E-state index in [0.29, 0.717) is 16.9 Å². The summed E-state index contributed by atoms with van der Waals surface area (Å²) in [5, 5.41) is 0.463. The molecule has 2 N–H and O–H groups in total. The highest BCUT2D eigenvalue weighted by atomic mass is 35.5. The summed E-state index contributed by atoms with van der Waals surface area (Å²) < 4.78 is 0. The standard InChI is InChI=1S/C18H22ClN3/c1-2-12-7-9-14(10-8-12)16-17(19)21-15(22-18(16)20)11-13-5-3-4-6-13/h7-10,13H,2-6,11H2,1H3,(H2,20,21,22). The van der Waals surface area contributed by atoms with Crippen LogP contribution in [-0.4, -0.2) is 9.97 Å². The van der Waals surface area contributed by atoms with Gasteiger partial charge in [0.05, 0.1) is 5.56 Å². The minimum absolute atomic E-state index is 0.463. The number of halogens is 1. The third kappa shape index (κ3) is 3.25. The van der Waals surface area contributed by atoms with Crippen LogP contribution in [0.2, 0.25) is 5.15 Å². The molecule has 0 spiro atoms. The highest BCUT2D eigenvalue weighted by molar-refractivity contribution is 6.32. The molecule has 1 aliphatic carbocycles. The summed E-state index contributed by atoms with van der Waals surface area (Å²) in [6.07, 6.45) is 7.06. The predicted octanol–water partition coefficient (Wildman–Crippen LogP) is 4.67. The summed E-state index contributed by atoms with van der Waals surface area (Å²) in [6.45, 7) is 2.14. The van der Waals surface area contributed by atoms with Crippen molar-refractivity contribution in [3.05, 3.63) is 40.8 Å². The van der Waals surface area contributed by atoms with Gasteiger partial charge < -0.3 is 5.73 Å². The number of nitrogen functional groups attached to an aromatic ring is 1. The Balaban J connectivity index is 1.88. The van der Waals surface area contributed by atoms with E-state index in [1.165, 1.54) is 31.2 Å². The SMILES string of the molecule is CCc1ccc(-c2c(N)nc(CC3CCCC3)nc2Cl)cc1. The van der Waals surface area contributed by atoms with Crippen LogP contribution in [0.3, 0.4) is 0 Å². The average Bonchev–Trinajstić information content (AvgIpc) is 3.00. The van der Waals surface area contributed by atoms with Gasteiger partial charge in [0.2, 0.25) is 0 Å². The Bertz CT molecular complexity index is 623. The van der Waals surface area contributed by atoms with Gasteiger partial charge in [-0.05, 0) is 23.5 Å². The van der Waals surface area contributed by atoms with Gasteiger partial charge in [0, 0.05) is 6.42 Å². The molecule has 1 aromatic heterocycles. The first-order chi connectivity index (χ1) is 10.7. The monoisotopic (exact) mass is 315 g/mol. The summed E-state index contributed by atoms with van der Waals surface area (Å²) in [4.78, 5) is 8.99. The van der Waals surface area contributed by atoms with Gasteiger partial charge in [-0.25, -0.2) is 9.97 Å². The number of nitrogens with zero attached hydrogens (tertiary/aromatic N) is 2. The fourth-order valence-corrected chi connectivity index (χ4v) is 3.54. The molecule has 3 nitrogen and oxygen atoms in total. The summed E-state index contributed by atoms with van der Waals surface area (Å²) >= 11 is 6.40. The Kier molecular flexibility index (Phi) is 4.63. The second-order valence-corrected chi connectivity index (χ2v) is 6.45. The summed E-state index contributed by atoms with van der Waals surface area (Å²) in [7, 11) is 0. The Labute approximate surface area is 136 Å². The average molecular weight is 316 g/mol. The van der Waals surface area contributed by atoms with E-state index >= 15 is 0 Å². The van der Waals surface area contributed by atoms with Gasteiger partial charge in [-0.1, -0.05) is 68.5 Å². The highest BCUT2D eigenvalue weighted by Crippen LogP contribution is 2.33. The lowest BCUT2D eigenvalue weighted by molar-refractivity contribution is 0.531. The molecule has 0 radical (unpaired) electrons. The molecule has 0 atom stereocenters. The third-order valence-corrected chi connectivity index (χ3v) is 4.81. The number of aromatic nitrogens is 2. The zero-order valence-corrected chi connectivity index (χ0v) is 13.7. The van der Waals surface area contributed by atoms with Crippen molar-refractivity contribution in [3.8, 4) is 11.1 Å². The predicted molar refractivity (Wildman–Crippen MR) is 91.9 cm³/mol. The number of rotatable bonds is 4. The molecule has 1 aliphatic rings. The molecule has 0 bridgehead atoms. The topological polar surface area (TPSA) is 51.8 Å². The first-order valence-electron chi connectivity index (χ1n) is 8.08. The van der Waals surface area contributed by atoms with E-state index < -0.39 is 0 Å². The maximum atomic E-state index is 6.40. The highest BCUT2D eigenvalue weighted by Gasteiger charge is 2.19. The Morgan fingerprint density at radius 3 is 2.41 bits per heavy atom. The minimum atomic E-state index is 0.463. The maximum absolute atomic E-state index is 6.40. The number of hydrogen-bond donors (Lipinski definition) is 1. The lowest BCUT2D eigenvalue weighted by Gasteiger charge is -2.12. The van der Waals surface area contributed by atoms with Crippen LogP contribution in [0.15, 0.2) is 24.3 Å². The largest absolute Gasteiger partial charge is 0.383 e. The quantitative estimate of drug-likeness (QED) is 0.834. The van der Waals surface area contributed by atoms with E-state index in [2.05, 4.69) is 29.0 Å². The number of aryl methyl sites for hydroxylation is 1. The van der Waals surface area contributed by atoms with Crippen LogP contribution in [-0.2, 0) is 12.8 Å². The molecule has 0 aliphatic heterocycles. The fraction of sp³-hybridized carbons (Fsp3) is 0.444. The van der Waals surface area contributed by atoms with Gasteiger partial charge in [-0.2, -0.15) is 0 Å². The van der Waals surface area contributed by atoms with Crippen LogP contribution < -0.4 is 5.73 Å². The normalized spacial score (nSPS) is 15.4. The van der Waals surface area contributed by atoms with Crippen molar-refractivity contribution in [2.45, 2.75) is 45.4 Å². The number of benzene rings is 1. The van der Waals surface area contributed by atoms with Crippen molar-refractivity contribution >= 4 is 17.4 Å². The van der Waals surface area contributed by atoms with Gasteiger partial charge in [-0.15, -0.1) is 0 Å². The van der Waals surface area contributed by atoms with E-state index in [0.717, 1.165) is 29.8 Å².